The number of aromatic nitrogens is 1. The Bertz CT molecular complexity index is 762. The Hall–Kier alpha value is -2.28. The van der Waals surface area contributed by atoms with E-state index in [4.69, 9.17) is 5.11 Å². The van der Waals surface area contributed by atoms with Crippen molar-refractivity contribution in [3.63, 3.8) is 0 Å². The largest absolute Gasteiger partial charge is 0.481 e. The molecule has 5 nitrogen and oxygen atoms in total. The molecule has 2 aromatic rings. The van der Waals surface area contributed by atoms with Gasteiger partial charge in [0.2, 0.25) is 0 Å². The molecule has 126 valence electrons. The van der Waals surface area contributed by atoms with E-state index in [0.29, 0.717) is 41.3 Å². The van der Waals surface area contributed by atoms with Crippen LogP contribution in [0.2, 0.25) is 0 Å². The third-order valence-corrected chi connectivity index (χ3v) is 5.11. The van der Waals surface area contributed by atoms with Gasteiger partial charge in [-0.15, -0.1) is 11.3 Å². The fraction of sp³-hybridized carbons (Fsp3) is 0.353. The topological polar surface area (TPSA) is 70.5 Å². The molecule has 0 saturated carbocycles. The highest BCUT2D eigenvalue weighted by Gasteiger charge is 2.29. The highest BCUT2D eigenvalue weighted by Crippen LogP contribution is 2.23. The molecule has 24 heavy (non-hydrogen) atoms. The summed E-state index contributed by atoms with van der Waals surface area (Å²) in [4.78, 5) is 29.9. The number of carboxylic acids is 1. The predicted molar refractivity (Wildman–Crippen MR) is 87.6 cm³/mol. The molecule has 0 radical (unpaired) electrons. The summed E-state index contributed by atoms with van der Waals surface area (Å²) >= 11 is 1.23. The number of carbonyl (C=O) groups excluding carboxylic acids is 1. The Morgan fingerprint density at radius 1 is 1.38 bits per heavy atom. The van der Waals surface area contributed by atoms with Crippen LogP contribution in [0.3, 0.4) is 0 Å². The van der Waals surface area contributed by atoms with Crippen molar-refractivity contribution >= 4 is 23.2 Å². The van der Waals surface area contributed by atoms with Gasteiger partial charge in [-0.2, -0.15) is 0 Å². The van der Waals surface area contributed by atoms with Gasteiger partial charge in [0.25, 0.3) is 5.91 Å². The molecule has 1 unspecified atom stereocenters. The van der Waals surface area contributed by atoms with Crippen LogP contribution < -0.4 is 0 Å². The van der Waals surface area contributed by atoms with E-state index < -0.39 is 11.9 Å². The Morgan fingerprint density at radius 3 is 2.92 bits per heavy atom. The van der Waals surface area contributed by atoms with E-state index in [1.807, 2.05) is 0 Å². The zero-order chi connectivity index (χ0) is 17.1. The highest BCUT2D eigenvalue weighted by molar-refractivity contribution is 7.13. The van der Waals surface area contributed by atoms with Gasteiger partial charge in [-0.1, -0.05) is 18.2 Å². The minimum atomic E-state index is -0.864. The van der Waals surface area contributed by atoms with Gasteiger partial charge < -0.3 is 10.0 Å². The van der Waals surface area contributed by atoms with Crippen LogP contribution in [0.5, 0.6) is 0 Å². The number of amides is 1. The van der Waals surface area contributed by atoms with Crippen molar-refractivity contribution in [1.29, 1.82) is 0 Å². The monoisotopic (exact) mass is 348 g/mol. The van der Waals surface area contributed by atoms with Gasteiger partial charge in [0.05, 0.1) is 17.1 Å². The first kappa shape index (κ1) is 16.6. The van der Waals surface area contributed by atoms with E-state index in [1.54, 1.807) is 23.1 Å². The van der Waals surface area contributed by atoms with E-state index in [1.165, 1.54) is 23.6 Å². The fourth-order valence-corrected chi connectivity index (χ4v) is 3.72. The van der Waals surface area contributed by atoms with Gasteiger partial charge in [0, 0.05) is 19.5 Å². The van der Waals surface area contributed by atoms with Gasteiger partial charge in [0.15, 0.2) is 0 Å². The number of halogens is 1. The average molecular weight is 348 g/mol. The first-order chi connectivity index (χ1) is 11.5. The molecule has 1 atom stereocenters. The number of piperidine rings is 1. The van der Waals surface area contributed by atoms with Crippen LogP contribution in [0.15, 0.2) is 30.5 Å². The standard InChI is InChI=1S/C17H17FN2O3S/c18-13-6-2-1-4-11(13)8-15-19-9-14(24-15)16(21)20-7-3-5-12(10-20)17(22)23/h1-2,4,6,9,12H,3,5,7-8,10H2,(H,22,23). The Kier molecular flexibility index (Phi) is 4.89. The zero-order valence-electron chi connectivity index (χ0n) is 12.9. The number of carboxylic acid groups (broad SMARTS) is 1. The van der Waals surface area contributed by atoms with Crippen molar-refractivity contribution in [3.8, 4) is 0 Å². The van der Waals surface area contributed by atoms with Gasteiger partial charge in [-0.25, -0.2) is 9.37 Å². The highest BCUT2D eigenvalue weighted by atomic mass is 32.1. The smallest absolute Gasteiger partial charge is 0.308 e. The van der Waals surface area contributed by atoms with Gasteiger partial charge in [0.1, 0.15) is 10.7 Å². The molecule has 1 aromatic heterocycles. The number of likely N-dealkylation sites (tertiary alicyclic amines) is 1. The number of benzene rings is 1. The molecule has 1 N–H and O–H groups in total. The first-order valence-corrected chi connectivity index (χ1v) is 8.56. The van der Waals surface area contributed by atoms with Crippen molar-refractivity contribution in [1.82, 2.24) is 9.88 Å². The number of hydrogen-bond acceptors (Lipinski definition) is 4. The summed E-state index contributed by atoms with van der Waals surface area (Å²) in [5.41, 5.74) is 0.537. The summed E-state index contributed by atoms with van der Waals surface area (Å²) < 4.78 is 13.7. The van der Waals surface area contributed by atoms with Crippen molar-refractivity contribution in [2.75, 3.05) is 13.1 Å². The molecule has 1 aromatic carbocycles. The second kappa shape index (κ2) is 7.09. The number of aliphatic carboxylic acids is 1. The SMILES string of the molecule is O=C(O)C1CCCN(C(=O)c2cnc(Cc3ccccc3F)s2)C1. The van der Waals surface area contributed by atoms with Crippen LogP contribution >= 0.6 is 11.3 Å². The minimum absolute atomic E-state index is 0.196. The third kappa shape index (κ3) is 3.62. The van der Waals surface area contributed by atoms with Crippen LogP contribution in [0, 0.1) is 11.7 Å². The van der Waals surface area contributed by atoms with E-state index in [0.717, 1.165) is 0 Å². The normalized spacial score (nSPS) is 17.7. The second-order valence-electron chi connectivity index (χ2n) is 5.81. The summed E-state index contributed by atoms with van der Waals surface area (Å²) in [5.74, 6) is -1.86. The maximum atomic E-state index is 13.7. The van der Waals surface area contributed by atoms with Crippen molar-refractivity contribution in [2.24, 2.45) is 5.92 Å². The average Bonchev–Trinajstić information content (AvgIpc) is 3.05. The number of thiazole rings is 1. The van der Waals surface area contributed by atoms with Crippen molar-refractivity contribution < 1.29 is 19.1 Å². The zero-order valence-corrected chi connectivity index (χ0v) is 13.8. The molecule has 0 bridgehead atoms. The summed E-state index contributed by atoms with van der Waals surface area (Å²) in [7, 11) is 0. The molecular formula is C17H17FN2O3S. The van der Waals surface area contributed by atoms with Crippen LogP contribution in [-0.2, 0) is 11.2 Å². The van der Waals surface area contributed by atoms with E-state index in [9.17, 15) is 14.0 Å². The van der Waals surface area contributed by atoms with Crippen LogP contribution in [0.4, 0.5) is 4.39 Å². The molecule has 1 aliphatic rings. The predicted octanol–water partition coefficient (Wildman–Crippen LogP) is 2.81. The molecular weight excluding hydrogens is 331 g/mol. The lowest BCUT2D eigenvalue weighted by Gasteiger charge is -2.30. The molecule has 1 aliphatic heterocycles. The number of hydrogen-bond donors (Lipinski definition) is 1. The van der Waals surface area contributed by atoms with E-state index >= 15 is 0 Å². The summed E-state index contributed by atoms with van der Waals surface area (Å²) in [6.45, 7) is 0.790. The van der Waals surface area contributed by atoms with Gasteiger partial charge in [-0.3, -0.25) is 9.59 Å². The van der Waals surface area contributed by atoms with Crippen LogP contribution in [0.25, 0.3) is 0 Å². The quantitative estimate of drug-likeness (QED) is 0.922. The summed E-state index contributed by atoms with van der Waals surface area (Å²) in [6.07, 6.45) is 3.11. The molecule has 1 amide bonds. The molecule has 7 heteroatoms. The van der Waals surface area contributed by atoms with E-state index in [-0.39, 0.29) is 18.3 Å². The van der Waals surface area contributed by atoms with Crippen molar-refractivity contribution in [2.45, 2.75) is 19.3 Å². The molecule has 0 aliphatic carbocycles. The van der Waals surface area contributed by atoms with E-state index in [2.05, 4.69) is 4.98 Å². The number of nitrogens with zero attached hydrogens (tertiary/aromatic N) is 2. The lowest BCUT2D eigenvalue weighted by Crippen LogP contribution is -2.42. The van der Waals surface area contributed by atoms with Crippen LogP contribution in [-0.4, -0.2) is 40.0 Å². The van der Waals surface area contributed by atoms with Crippen molar-refractivity contribution in [3.05, 3.63) is 51.7 Å². The molecule has 2 heterocycles. The summed E-state index contributed by atoms with van der Waals surface area (Å²) in [5, 5.41) is 9.78. The minimum Gasteiger partial charge on any atom is -0.481 e. The number of carbonyl (C=O) groups is 2. The first-order valence-electron chi connectivity index (χ1n) is 7.75. The van der Waals surface area contributed by atoms with Crippen LogP contribution in [0.1, 0.15) is 33.1 Å². The fourth-order valence-electron chi connectivity index (χ4n) is 2.81. The molecule has 1 saturated heterocycles. The van der Waals surface area contributed by atoms with Gasteiger partial charge in [-0.05, 0) is 24.5 Å². The lowest BCUT2D eigenvalue weighted by molar-refractivity contribution is -0.143. The molecule has 0 spiro atoms. The summed E-state index contributed by atoms with van der Waals surface area (Å²) in [6, 6.07) is 6.48. The maximum Gasteiger partial charge on any atom is 0.308 e. The Labute approximate surface area is 142 Å². The maximum absolute atomic E-state index is 13.7. The lowest BCUT2D eigenvalue weighted by atomic mass is 9.98. The molecule has 3 rings (SSSR count). The molecule has 1 fully saturated rings. The Balaban J connectivity index is 1.70. The third-order valence-electron chi connectivity index (χ3n) is 4.12. The Morgan fingerprint density at radius 2 is 2.17 bits per heavy atom. The number of rotatable bonds is 4. The second-order valence-corrected chi connectivity index (χ2v) is 6.93. The van der Waals surface area contributed by atoms with Gasteiger partial charge >= 0.3 is 5.97 Å².